The van der Waals surface area contributed by atoms with Gasteiger partial charge in [-0.2, -0.15) is 0 Å². The highest BCUT2D eigenvalue weighted by molar-refractivity contribution is 9.10. The van der Waals surface area contributed by atoms with Crippen molar-refractivity contribution in [2.24, 2.45) is 5.92 Å². The molecule has 7 heteroatoms. The van der Waals surface area contributed by atoms with Crippen LogP contribution in [0, 0.1) is 5.92 Å². The Labute approximate surface area is 136 Å². The van der Waals surface area contributed by atoms with E-state index >= 15 is 0 Å². The van der Waals surface area contributed by atoms with E-state index in [0.29, 0.717) is 23.6 Å². The van der Waals surface area contributed by atoms with Crippen molar-refractivity contribution in [2.75, 3.05) is 5.32 Å². The minimum atomic E-state index is -0.860. The van der Waals surface area contributed by atoms with E-state index in [4.69, 9.17) is 11.6 Å². The average Bonchev–Trinajstić information content (AvgIpc) is 2.42. The van der Waals surface area contributed by atoms with E-state index in [1.165, 1.54) is 0 Å². The lowest BCUT2D eigenvalue weighted by Crippen LogP contribution is -2.46. The van der Waals surface area contributed by atoms with Crippen molar-refractivity contribution in [1.29, 1.82) is 0 Å². The van der Waals surface area contributed by atoms with Crippen LogP contribution >= 0.6 is 27.5 Å². The Morgan fingerprint density at radius 1 is 1.29 bits per heavy atom. The van der Waals surface area contributed by atoms with Gasteiger partial charge in [0.1, 0.15) is 0 Å². The number of carboxylic acids is 1. The fourth-order valence-electron chi connectivity index (χ4n) is 2.52. The zero-order chi connectivity index (χ0) is 15.4. The fraction of sp³-hybridized carbons (Fsp3) is 0.429. The lowest BCUT2D eigenvalue weighted by atomic mass is 9.84. The summed E-state index contributed by atoms with van der Waals surface area (Å²) in [7, 11) is 0. The summed E-state index contributed by atoms with van der Waals surface area (Å²) < 4.78 is 0.816. The molecule has 1 saturated carbocycles. The second-order valence-corrected chi connectivity index (χ2v) is 6.38. The number of aliphatic carboxylic acids is 1. The number of hydrogen-bond donors (Lipinski definition) is 3. The third kappa shape index (κ3) is 4.35. The van der Waals surface area contributed by atoms with Gasteiger partial charge in [0.25, 0.3) is 0 Å². The van der Waals surface area contributed by atoms with E-state index in [0.717, 1.165) is 17.3 Å². The predicted molar refractivity (Wildman–Crippen MR) is 84.7 cm³/mol. The molecule has 1 aromatic carbocycles. The predicted octanol–water partition coefficient (Wildman–Crippen LogP) is 3.87. The van der Waals surface area contributed by atoms with E-state index in [1.54, 1.807) is 18.2 Å². The standard InChI is InChI=1S/C14H16BrClN2O3/c15-8-5-6-12(10(16)7-8)18-14(21)17-11-4-2-1-3-9(11)13(19)20/h5-7,9,11H,1-4H2,(H,19,20)(H2,17,18,21). The van der Waals surface area contributed by atoms with Crippen molar-refractivity contribution in [3.63, 3.8) is 0 Å². The molecule has 1 aliphatic carbocycles. The number of nitrogens with one attached hydrogen (secondary N) is 2. The highest BCUT2D eigenvalue weighted by atomic mass is 79.9. The molecule has 0 saturated heterocycles. The Hall–Kier alpha value is -1.27. The summed E-state index contributed by atoms with van der Waals surface area (Å²) in [4.78, 5) is 23.2. The molecule has 1 fully saturated rings. The van der Waals surface area contributed by atoms with Gasteiger partial charge in [0.15, 0.2) is 0 Å². The third-order valence-corrected chi connectivity index (χ3v) is 4.38. The van der Waals surface area contributed by atoms with Crippen LogP contribution in [0.15, 0.2) is 22.7 Å². The molecule has 0 aliphatic heterocycles. The van der Waals surface area contributed by atoms with Gasteiger partial charge in [0.05, 0.1) is 16.6 Å². The topological polar surface area (TPSA) is 78.4 Å². The van der Waals surface area contributed by atoms with Gasteiger partial charge in [-0.3, -0.25) is 4.79 Å². The number of carbonyl (C=O) groups is 2. The maximum Gasteiger partial charge on any atom is 0.319 e. The average molecular weight is 376 g/mol. The molecule has 0 bridgehead atoms. The van der Waals surface area contributed by atoms with Gasteiger partial charge in [-0.05, 0) is 31.0 Å². The maximum atomic E-state index is 12.0. The van der Waals surface area contributed by atoms with Gasteiger partial charge in [0.2, 0.25) is 0 Å². The molecule has 2 rings (SSSR count). The zero-order valence-corrected chi connectivity index (χ0v) is 13.6. The first-order valence-electron chi connectivity index (χ1n) is 6.73. The number of amides is 2. The Bertz CT molecular complexity index is 553. The van der Waals surface area contributed by atoms with E-state index in [1.807, 2.05) is 0 Å². The molecule has 21 heavy (non-hydrogen) atoms. The maximum absolute atomic E-state index is 12.0. The fourth-order valence-corrected chi connectivity index (χ4v) is 3.24. The molecular weight excluding hydrogens is 360 g/mol. The summed E-state index contributed by atoms with van der Waals surface area (Å²) in [6, 6.07) is 4.35. The van der Waals surface area contributed by atoms with Crippen LogP contribution in [-0.4, -0.2) is 23.1 Å². The number of carbonyl (C=O) groups excluding carboxylic acids is 1. The van der Waals surface area contributed by atoms with E-state index in [-0.39, 0.29) is 6.04 Å². The van der Waals surface area contributed by atoms with Gasteiger partial charge < -0.3 is 15.7 Å². The molecule has 114 valence electrons. The number of benzene rings is 1. The van der Waals surface area contributed by atoms with Crippen molar-refractivity contribution in [3.8, 4) is 0 Å². The van der Waals surface area contributed by atoms with E-state index in [2.05, 4.69) is 26.6 Å². The van der Waals surface area contributed by atoms with Crippen LogP contribution in [0.25, 0.3) is 0 Å². The Balaban J connectivity index is 1.98. The summed E-state index contributed by atoms with van der Waals surface area (Å²) in [5.74, 6) is -1.38. The number of anilines is 1. The molecule has 0 radical (unpaired) electrons. The number of carboxylic acid groups (broad SMARTS) is 1. The lowest BCUT2D eigenvalue weighted by molar-refractivity contribution is -0.143. The molecular formula is C14H16BrClN2O3. The summed E-state index contributed by atoms with van der Waals surface area (Å²) in [5, 5.41) is 15.0. The second kappa shape index (κ2) is 7.13. The van der Waals surface area contributed by atoms with Crippen molar-refractivity contribution in [2.45, 2.75) is 31.7 Å². The molecule has 0 aromatic heterocycles. The van der Waals surface area contributed by atoms with Crippen molar-refractivity contribution in [3.05, 3.63) is 27.7 Å². The summed E-state index contributed by atoms with van der Waals surface area (Å²) in [6.45, 7) is 0. The highest BCUT2D eigenvalue weighted by Crippen LogP contribution is 2.27. The number of halogens is 2. The van der Waals surface area contributed by atoms with Crippen LogP contribution in [0.5, 0.6) is 0 Å². The van der Waals surface area contributed by atoms with Crippen LogP contribution in [0.1, 0.15) is 25.7 Å². The summed E-state index contributed by atoms with van der Waals surface area (Å²) >= 11 is 9.32. The smallest absolute Gasteiger partial charge is 0.319 e. The largest absolute Gasteiger partial charge is 0.481 e. The minimum Gasteiger partial charge on any atom is -0.481 e. The number of hydrogen-bond acceptors (Lipinski definition) is 2. The summed E-state index contributed by atoms with van der Waals surface area (Å²) in [6.07, 6.45) is 3.08. The first kappa shape index (κ1) is 16.1. The van der Waals surface area contributed by atoms with Crippen molar-refractivity contribution < 1.29 is 14.7 Å². The molecule has 0 heterocycles. The molecule has 1 aromatic rings. The summed E-state index contributed by atoms with van der Waals surface area (Å²) in [5.41, 5.74) is 0.486. The number of urea groups is 1. The first-order chi connectivity index (χ1) is 9.97. The SMILES string of the molecule is O=C(Nc1ccc(Br)cc1Cl)NC1CCCCC1C(=O)O. The highest BCUT2D eigenvalue weighted by Gasteiger charge is 2.31. The molecule has 2 atom stereocenters. The van der Waals surface area contributed by atoms with E-state index in [9.17, 15) is 14.7 Å². The van der Waals surface area contributed by atoms with Crippen molar-refractivity contribution >= 4 is 45.2 Å². The van der Waals surface area contributed by atoms with Crippen LogP contribution in [-0.2, 0) is 4.79 Å². The second-order valence-electron chi connectivity index (χ2n) is 5.06. The van der Waals surface area contributed by atoms with Gasteiger partial charge in [0, 0.05) is 10.5 Å². The normalized spacial score (nSPS) is 21.6. The Morgan fingerprint density at radius 3 is 2.67 bits per heavy atom. The molecule has 5 nitrogen and oxygen atoms in total. The van der Waals surface area contributed by atoms with E-state index < -0.39 is 17.9 Å². The molecule has 3 N–H and O–H groups in total. The Morgan fingerprint density at radius 2 is 2.00 bits per heavy atom. The van der Waals surface area contributed by atoms with Gasteiger partial charge in [-0.1, -0.05) is 40.4 Å². The van der Waals surface area contributed by atoms with Crippen molar-refractivity contribution in [1.82, 2.24) is 5.32 Å². The molecule has 2 unspecified atom stereocenters. The van der Waals surface area contributed by atoms with Gasteiger partial charge >= 0.3 is 12.0 Å². The lowest BCUT2D eigenvalue weighted by Gasteiger charge is -2.29. The van der Waals surface area contributed by atoms with Crippen LogP contribution < -0.4 is 10.6 Å². The molecule has 1 aliphatic rings. The third-order valence-electron chi connectivity index (χ3n) is 3.58. The Kier molecular flexibility index (Phi) is 5.47. The zero-order valence-electron chi connectivity index (χ0n) is 11.2. The molecule has 0 spiro atoms. The monoisotopic (exact) mass is 374 g/mol. The van der Waals surface area contributed by atoms with Gasteiger partial charge in [-0.25, -0.2) is 4.79 Å². The van der Waals surface area contributed by atoms with Crippen LogP contribution in [0.2, 0.25) is 5.02 Å². The quantitative estimate of drug-likeness (QED) is 0.750. The first-order valence-corrected chi connectivity index (χ1v) is 7.90. The minimum absolute atomic E-state index is 0.342. The number of rotatable bonds is 3. The van der Waals surface area contributed by atoms with Crippen LogP contribution in [0.4, 0.5) is 10.5 Å². The van der Waals surface area contributed by atoms with Crippen LogP contribution in [0.3, 0.4) is 0 Å². The molecule has 2 amide bonds. The van der Waals surface area contributed by atoms with Gasteiger partial charge in [-0.15, -0.1) is 0 Å².